The molecule has 1 aromatic carbocycles. The molecule has 7 nitrogen and oxygen atoms in total. The molecule has 1 N–H and O–H groups in total. The molecule has 1 aliphatic heterocycles. The molecule has 214 valence electrons. The maximum atomic E-state index is 15.1. The summed E-state index contributed by atoms with van der Waals surface area (Å²) in [5, 5.41) is 24.1. The SMILES string of the molecule is CC(C)(F)c1onc(C2=C(Cl)C=CCC2Cl)c1COc1ccc(C2(CO)CCN(c3ccc(C#N)cn3)C2)c(Cl)c1. The van der Waals surface area contributed by atoms with E-state index in [2.05, 4.69) is 21.1 Å². The second-order valence-electron chi connectivity index (χ2n) is 10.7. The summed E-state index contributed by atoms with van der Waals surface area (Å²) in [5.41, 5.74) is 0.191. The molecule has 0 bridgehead atoms. The van der Waals surface area contributed by atoms with Crippen LogP contribution in [0.25, 0.3) is 5.57 Å². The van der Waals surface area contributed by atoms with Crippen LogP contribution in [-0.2, 0) is 17.7 Å². The standard InChI is InChI=1S/C30H28Cl3FN4O3/c1-29(2,34)28-20(27(37-41-28)26-22(31)4-3-5-23(26)32)15-40-19-7-8-21(24(33)12-19)30(17-39)10-11-38(16-30)25-9-6-18(13-35)14-36-25/h3-4,6-9,12,14,23,39H,5,10-11,15-17H2,1-2H3. The molecule has 0 radical (unpaired) electrons. The first-order valence-electron chi connectivity index (χ1n) is 13.1. The van der Waals surface area contributed by atoms with Crippen LogP contribution in [0.1, 0.15) is 54.8 Å². The summed E-state index contributed by atoms with van der Waals surface area (Å²) in [6.07, 6.45) is 6.36. The van der Waals surface area contributed by atoms with Gasteiger partial charge in [0.15, 0.2) is 11.4 Å². The molecule has 2 aliphatic rings. The number of rotatable bonds is 8. The van der Waals surface area contributed by atoms with Gasteiger partial charge in [0, 0.05) is 40.3 Å². The van der Waals surface area contributed by atoms with E-state index in [0.29, 0.717) is 64.1 Å². The molecule has 2 unspecified atom stereocenters. The van der Waals surface area contributed by atoms with Crippen molar-refractivity contribution in [1.29, 1.82) is 5.26 Å². The fraction of sp³-hybridized carbons (Fsp3) is 0.367. The monoisotopic (exact) mass is 616 g/mol. The number of ether oxygens (including phenoxy) is 1. The van der Waals surface area contributed by atoms with Crippen molar-refractivity contribution in [3.8, 4) is 11.8 Å². The topological polar surface area (TPSA) is 95.4 Å². The van der Waals surface area contributed by atoms with Gasteiger partial charge in [0.05, 0.1) is 23.1 Å². The van der Waals surface area contributed by atoms with Crippen LogP contribution in [0.3, 0.4) is 0 Å². The molecule has 1 aliphatic carbocycles. The fourth-order valence-electron chi connectivity index (χ4n) is 5.34. The molecule has 5 rings (SSSR count). The number of halogens is 4. The second-order valence-corrected chi connectivity index (χ2v) is 12.1. The maximum absolute atomic E-state index is 15.1. The number of anilines is 1. The lowest BCUT2D eigenvalue weighted by Gasteiger charge is -2.29. The van der Waals surface area contributed by atoms with Gasteiger partial charge in [-0.25, -0.2) is 9.37 Å². The van der Waals surface area contributed by atoms with E-state index in [9.17, 15) is 5.11 Å². The van der Waals surface area contributed by atoms with Gasteiger partial charge in [-0.3, -0.25) is 0 Å². The van der Waals surface area contributed by atoms with Crippen LogP contribution in [0.5, 0.6) is 5.75 Å². The van der Waals surface area contributed by atoms with Crippen LogP contribution >= 0.6 is 34.8 Å². The summed E-state index contributed by atoms with van der Waals surface area (Å²) in [6.45, 7) is 3.78. The predicted molar refractivity (Wildman–Crippen MR) is 157 cm³/mol. The van der Waals surface area contributed by atoms with Gasteiger partial charge in [-0.05, 0) is 62.6 Å². The highest BCUT2D eigenvalue weighted by atomic mass is 35.5. The smallest absolute Gasteiger partial charge is 0.180 e. The number of hydrogen-bond acceptors (Lipinski definition) is 7. The minimum absolute atomic E-state index is 0.0345. The molecule has 2 aromatic heterocycles. The van der Waals surface area contributed by atoms with E-state index in [-0.39, 0.29) is 19.0 Å². The van der Waals surface area contributed by atoms with E-state index in [1.165, 1.54) is 20.0 Å². The number of benzene rings is 1. The van der Waals surface area contributed by atoms with Gasteiger partial charge in [-0.1, -0.05) is 40.5 Å². The van der Waals surface area contributed by atoms with Gasteiger partial charge in [-0.2, -0.15) is 5.26 Å². The molecular weight excluding hydrogens is 590 g/mol. The number of nitriles is 1. The third kappa shape index (κ3) is 5.82. The van der Waals surface area contributed by atoms with Gasteiger partial charge in [0.25, 0.3) is 0 Å². The fourth-order valence-corrected chi connectivity index (χ4v) is 6.41. The molecule has 11 heteroatoms. The van der Waals surface area contributed by atoms with Gasteiger partial charge in [-0.15, -0.1) is 11.6 Å². The first-order valence-corrected chi connectivity index (χ1v) is 14.3. The Morgan fingerprint density at radius 1 is 1.29 bits per heavy atom. The quantitative estimate of drug-likeness (QED) is 0.271. The molecule has 0 saturated carbocycles. The Bertz CT molecular complexity index is 1540. The average molecular weight is 618 g/mol. The Morgan fingerprint density at radius 2 is 2.10 bits per heavy atom. The summed E-state index contributed by atoms with van der Waals surface area (Å²) >= 11 is 19.8. The van der Waals surface area contributed by atoms with Crippen molar-refractivity contribution < 1.29 is 18.8 Å². The summed E-state index contributed by atoms with van der Waals surface area (Å²) in [6, 6.07) is 10.9. The number of aliphatic hydroxyl groups excluding tert-OH is 1. The number of aromatic nitrogens is 2. The van der Waals surface area contributed by atoms with Crippen molar-refractivity contribution in [1.82, 2.24) is 10.1 Å². The highest BCUT2D eigenvalue weighted by molar-refractivity contribution is 6.38. The molecular formula is C30H28Cl3FN4O3. The normalized spacial score (nSPS) is 20.9. The van der Waals surface area contributed by atoms with E-state index < -0.39 is 16.5 Å². The van der Waals surface area contributed by atoms with Crippen molar-refractivity contribution in [2.75, 3.05) is 24.6 Å². The Labute approximate surface area is 252 Å². The number of hydrogen-bond donors (Lipinski definition) is 1. The zero-order valence-corrected chi connectivity index (χ0v) is 24.8. The lowest BCUT2D eigenvalue weighted by Crippen LogP contribution is -2.35. The van der Waals surface area contributed by atoms with Crippen LogP contribution in [0, 0.1) is 11.3 Å². The lowest BCUT2D eigenvalue weighted by atomic mass is 9.80. The highest BCUT2D eigenvalue weighted by Gasteiger charge is 2.41. The summed E-state index contributed by atoms with van der Waals surface area (Å²) < 4.78 is 26.6. The lowest BCUT2D eigenvalue weighted by molar-refractivity contribution is 0.157. The van der Waals surface area contributed by atoms with E-state index in [1.54, 1.807) is 30.3 Å². The number of allylic oxidation sites excluding steroid dienone is 4. The number of aliphatic hydroxyl groups is 1. The number of alkyl halides is 2. The van der Waals surface area contributed by atoms with Gasteiger partial charge in [0.1, 0.15) is 29.9 Å². The first kappa shape index (κ1) is 29.4. The molecule has 1 saturated heterocycles. The zero-order valence-electron chi connectivity index (χ0n) is 22.5. The Kier molecular flexibility index (Phi) is 8.36. The Balaban J connectivity index is 1.38. The minimum atomic E-state index is -1.82. The van der Waals surface area contributed by atoms with Gasteiger partial charge < -0.3 is 19.3 Å². The van der Waals surface area contributed by atoms with Crippen LogP contribution in [0.4, 0.5) is 10.2 Å². The molecule has 3 heterocycles. The zero-order chi connectivity index (χ0) is 29.4. The van der Waals surface area contributed by atoms with Crippen LogP contribution in [0.15, 0.2) is 58.2 Å². The van der Waals surface area contributed by atoms with Crippen LogP contribution < -0.4 is 9.64 Å². The Morgan fingerprint density at radius 3 is 2.73 bits per heavy atom. The van der Waals surface area contributed by atoms with Crippen molar-refractivity contribution in [3.05, 3.63) is 86.9 Å². The summed E-state index contributed by atoms with van der Waals surface area (Å²) in [4.78, 5) is 6.46. The summed E-state index contributed by atoms with van der Waals surface area (Å²) in [7, 11) is 0. The Hall–Kier alpha value is -3.09. The second kappa shape index (κ2) is 11.7. The molecule has 3 aromatic rings. The van der Waals surface area contributed by atoms with E-state index in [1.807, 2.05) is 12.1 Å². The predicted octanol–water partition coefficient (Wildman–Crippen LogP) is 7.04. The third-order valence-electron chi connectivity index (χ3n) is 7.51. The highest BCUT2D eigenvalue weighted by Crippen LogP contribution is 2.42. The van der Waals surface area contributed by atoms with Crippen LogP contribution in [-0.4, -0.2) is 40.3 Å². The van der Waals surface area contributed by atoms with Crippen molar-refractivity contribution in [3.63, 3.8) is 0 Å². The molecule has 0 spiro atoms. The van der Waals surface area contributed by atoms with Crippen LogP contribution in [0.2, 0.25) is 5.02 Å². The van der Waals surface area contributed by atoms with E-state index in [4.69, 9.17) is 49.3 Å². The third-order valence-corrected chi connectivity index (χ3v) is 8.55. The summed E-state index contributed by atoms with van der Waals surface area (Å²) in [5.74, 6) is 1.22. The largest absolute Gasteiger partial charge is 0.489 e. The number of pyridine rings is 1. The first-order chi connectivity index (χ1) is 19.6. The molecule has 1 fully saturated rings. The van der Waals surface area contributed by atoms with E-state index in [0.717, 1.165) is 11.4 Å². The average Bonchev–Trinajstić information content (AvgIpc) is 3.57. The molecule has 41 heavy (non-hydrogen) atoms. The van der Waals surface area contributed by atoms with Gasteiger partial charge in [0.2, 0.25) is 0 Å². The molecule has 0 amide bonds. The van der Waals surface area contributed by atoms with E-state index >= 15 is 4.39 Å². The van der Waals surface area contributed by atoms with Crippen molar-refractivity contribution in [2.45, 2.75) is 49.8 Å². The van der Waals surface area contributed by atoms with Crippen molar-refractivity contribution >= 4 is 46.2 Å². The number of nitrogens with zero attached hydrogens (tertiary/aromatic N) is 4. The maximum Gasteiger partial charge on any atom is 0.180 e. The minimum Gasteiger partial charge on any atom is -0.489 e. The van der Waals surface area contributed by atoms with Crippen molar-refractivity contribution in [2.24, 2.45) is 0 Å². The van der Waals surface area contributed by atoms with Gasteiger partial charge >= 0.3 is 0 Å². The molecule has 2 atom stereocenters.